The minimum Gasteiger partial charge on any atom is -0.466 e. The van der Waals surface area contributed by atoms with Crippen LogP contribution in [0.4, 0.5) is 0 Å². The van der Waals surface area contributed by atoms with E-state index in [2.05, 4.69) is 17.3 Å². The Morgan fingerprint density at radius 3 is 3.07 bits per heavy atom. The smallest absolute Gasteiger partial charge is 0.307 e. The van der Waals surface area contributed by atoms with Gasteiger partial charge >= 0.3 is 5.97 Å². The first-order valence-corrected chi connectivity index (χ1v) is 5.83. The average molecular weight is 212 g/mol. The van der Waals surface area contributed by atoms with Gasteiger partial charge in [0, 0.05) is 24.7 Å². The molecule has 3 unspecified atom stereocenters. The summed E-state index contributed by atoms with van der Waals surface area (Å²) in [5, 5.41) is 3.46. The van der Waals surface area contributed by atoms with Gasteiger partial charge in [0.2, 0.25) is 0 Å². The molecule has 15 heavy (non-hydrogen) atoms. The second-order valence-corrected chi connectivity index (χ2v) is 4.49. The van der Waals surface area contributed by atoms with Gasteiger partial charge in [-0.25, -0.2) is 0 Å². The van der Waals surface area contributed by atoms with Gasteiger partial charge < -0.3 is 10.1 Å². The predicted molar refractivity (Wildman–Crippen MR) is 57.6 cm³/mol. The van der Waals surface area contributed by atoms with E-state index in [9.17, 15) is 4.79 Å². The summed E-state index contributed by atoms with van der Waals surface area (Å²) in [7, 11) is 2.17. The third-order valence-corrected chi connectivity index (χ3v) is 3.67. The van der Waals surface area contributed by atoms with E-state index in [0.29, 0.717) is 25.1 Å². The number of carbonyl (C=O) groups excluding carboxylic acids is 1. The summed E-state index contributed by atoms with van der Waals surface area (Å²) in [6.07, 6.45) is 2.97. The lowest BCUT2D eigenvalue weighted by molar-refractivity contribution is -0.144. The number of hydrogen-bond acceptors (Lipinski definition) is 4. The van der Waals surface area contributed by atoms with Gasteiger partial charge in [0.1, 0.15) is 0 Å². The lowest BCUT2D eigenvalue weighted by Gasteiger charge is -2.38. The van der Waals surface area contributed by atoms with Crippen molar-refractivity contribution in [2.45, 2.75) is 44.3 Å². The SMILES string of the molecule is CCOC(=O)CC1NCC2CCC1N2C. The lowest BCUT2D eigenvalue weighted by Crippen LogP contribution is -2.56. The summed E-state index contributed by atoms with van der Waals surface area (Å²) in [5.41, 5.74) is 0. The Labute approximate surface area is 91.0 Å². The molecule has 2 heterocycles. The van der Waals surface area contributed by atoms with Crippen LogP contribution in [0.5, 0.6) is 0 Å². The summed E-state index contributed by atoms with van der Waals surface area (Å²) in [6.45, 7) is 3.34. The zero-order valence-corrected chi connectivity index (χ0v) is 9.53. The first kappa shape index (κ1) is 10.9. The Balaban J connectivity index is 1.90. The quantitative estimate of drug-likeness (QED) is 0.686. The monoisotopic (exact) mass is 212 g/mol. The van der Waals surface area contributed by atoms with Gasteiger partial charge in [-0.1, -0.05) is 0 Å². The first-order valence-electron chi connectivity index (χ1n) is 5.83. The van der Waals surface area contributed by atoms with Crippen LogP contribution < -0.4 is 5.32 Å². The van der Waals surface area contributed by atoms with Crippen molar-refractivity contribution in [3.8, 4) is 0 Å². The molecule has 2 rings (SSSR count). The molecule has 0 amide bonds. The number of ether oxygens (including phenoxy) is 1. The van der Waals surface area contributed by atoms with Crippen LogP contribution in [0.15, 0.2) is 0 Å². The van der Waals surface area contributed by atoms with Crippen LogP contribution >= 0.6 is 0 Å². The highest BCUT2D eigenvalue weighted by Gasteiger charge is 2.40. The van der Waals surface area contributed by atoms with Crippen molar-refractivity contribution in [3.05, 3.63) is 0 Å². The number of likely N-dealkylation sites (N-methyl/N-ethyl adjacent to an activating group) is 1. The summed E-state index contributed by atoms with van der Waals surface area (Å²) in [5.74, 6) is -0.0752. The average Bonchev–Trinajstić information content (AvgIpc) is 2.44. The van der Waals surface area contributed by atoms with Crippen LogP contribution in [0.3, 0.4) is 0 Å². The standard InChI is InChI=1S/C11H20N2O2/c1-3-15-11(14)6-9-10-5-4-8(7-12-9)13(10)2/h8-10,12H,3-7H2,1-2H3. The maximum Gasteiger partial charge on any atom is 0.307 e. The highest BCUT2D eigenvalue weighted by Crippen LogP contribution is 2.29. The van der Waals surface area contributed by atoms with Crippen LogP contribution in [0.25, 0.3) is 0 Å². The molecule has 0 radical (unpaired) electrons. The van der Waals surface area contributed by atoms with Gasteiger partial charge in [-0.15, -0.1) is 0 Å². The van der Waals surface area contributed by atoms with E-state index in [1.54, 1.807) is 0 Å². The molecule has 0 saturated carbocycles. The highest BCUT2D eigenvalue weighted by molar-refractivity contribution is 5.70. The number of carbonyl (C=O) groups is 1. The topological polar surface area (TPSA) is 41.6 Å². The number of hydrogen-bond donors (Lipinski definition) is 1. The number of rotatable bonds is 3. The molecule has 0 aromatic rings. The lowest BCUT2D eigenvalue weighted by atomic mass is 10.0. The van der Waals surface area contributed by atoms with Crippen LogP contribution in [0, 0.1) is 0 Å². The first-order chi connectivity index (χ1) is 7.22. The van der Waals surface area contributed by atoms with E-state index in [0.717, 1.165) is 6.54 Å². The van der Waals surface area contributed by atoms with E-state index in [-0.39, 0.29) is 12.0 Å². The van der Waals surface area contributed by atoms with E-state index < -0.39 is 0 Å². The van der Waals surface area contributed by atoms with Gasteiger partial charge in [0.05, 0.1) is 13.0 Å². The number of fused-ring (bicyclic) bond motifs is 2. The molecule has 4 heteroatoms. The predicted octanol–water partition coefficient (Wildman–Crippen LogP) is 0.374. The Hall–Kier alpha value is -0.610. The van der Waals surface area contributed by atoms with Crippen LogP contribution in [0.2, 0.25) is 0 Å². The van der Waals surface area contributed by atoms with Crippen molar-refractivity contribution in [1.29, 1.82) is 0 Å². The molecule has 2 aliphatic rings. The number of nitrogens with one attached hydrogen (secondary N) is 1. The van der Waals surface area contributed by atoms with E-state index >= 15 is 0 Å². The molecule has 2 aliphatic heterocycles. The fourth-order valence-electron chi connectivity index (χ4n) is 2.80. The summed E-state index contributed by atoms with van der Waals surface area (Å²) >= 11 is 0. The minimum atomic E-state index is -0.0752. The summed E-state index contributed by atoms with van der Waals surface area (Å²) < 4.78 is 4.99. The Kier molecular flexibility index (Phi) is 3.26. The van der Waals surface area contributed by atoms with Gasteiger partial charge in [-0.3, -0.25) is 9.69 Å². The molecule has 0 aromatic heterocycles. The molecule has 0 spiro atoms. The third kappa shape index (κ3) is 2.16. The molecule has 3 atom stereocenters. The molecule has 2 fully saturated rings. The van der Waals surface area contributed by atoms with Crippen LogP contribution in [-0.2, 0) is 9.53 Å². The third-order valence-electron chi connectivity index (χ3n) is 3.67. The zero-order valence-electron chi connectivity index (χ0n) is 9.53. The Morgan fingerprint density at radius 2 is 2.33 bits per heavy atom. The Morgan fingerprint density at radius 1 is 1.53 bits per heavy atom. The molecular formula is C11H20N2O2. The number of esters is 1. The molecule has 2 saturated heterocycles. The fourth-order valence-corrected chi connectivity index (χ4v) is 2.80. The van der Waals surface area contributed by atoms with Crippen molar-refractivity contribution in [3.63, 3.8) is 0 Å². The van der Waals surface area contributed by atoms with E-state index in [1.165, 1.54) is 12.8 Å². The van der Waals surface area contributed by atoms with Gasteiger partial charge in [0.25, 0.3) is 0 Å². The molecule has 0 aliphatic carbocycles. The molecule has 2 bridgehead atoms. The van der Waals surface area contributed by atoms with Crippen molar-refractivity contribution < 1.29 is 9.53 Å². The number of piperazine rings is 1. The van der Waals surface area contributed by atoms with Crippen molar-refractivity contribution in [2.75, 3.05) is 20.2 Å². The number of nitrogens with zero attached hydrogens (tertiary/aromatic N) is 1. The molecule has 4 nitrogen and oxygen atoms in total. The minimum absolute atomic E-state index is 0.0752. The van der Waals surface area contributed by atoms with Gasteiger partial charge in [-0.05, 0) is 26.8 Å². The van der Waals surface area contributed by atoms with Crippen LogP contribution in [-0.4, -0.2) is 49.2 Å². The Bertz CT molecular complexity index is 245. The fraction of sp³-hybridized carbons (Fsp3) is 0.909. The van der Waals surface area contributed by atoms with Crippen molar-refractivity contribution in [1.82, 2.24) is 10.2 Å². The maximum atomic E-state index is 11.4. The zero-order chi connectivity index (χ0) is 10.8. The van der Waals surface area contributed by atoms with Gasteiger partial charge in [0.15, 0.2) is 0 Å². The normalized spacial score (nSPS) is 35.5. The largest absolute Gasteiger partial charge is 0.466 e. The van der Waals surface area contributed by atoms with Crippen molar-refractivity contribution in [2.24, 2.45) is 0 Å². The van der Waals surface area contributed by atoms with Gasteiger partial charge in [-0.2, -0.15) is 0 Å². The molecule has 0 aromatic carbocycles. The maximum absolute atomic E-state index is 11.4. The second kappa shape index (κ2) is 4.49. The highest BCUT2D eigenvalue weighted by atomic mass is 16.5. The van der Waals surface area contributed by atoms with E-state index in [1.807, 2.05) is 6.92 Å². The summed E-state index contributed by atoms with van der Waals surface area (Å²) in [4.78, 5) is 13.8. The molecule has 1 N–H and O–H groups in total. The molecule has 86 valence electrons. The summed E-state index contributed by atoms with van der Waals surface area (Å²) in [6, 6.07) is 1.48. The molecular weight excluding hydrogens is 192 g/mol. The second-order valence-electron chi connectivity index (χ2n) is 4.49. The van der Waals surface area contributed by atoms with E-state index in [4.69, 9.17) is 4.74 Å². The van der Waals surface area contributed by atoms with Crippen molar-refractivity contribution >= 4 is 5.97 Å². The van der Waals surface area contributed by atoms with Crippen LogP contribution in [0.1, 0.15) is 26.2 Å².